The lowest BCUT2D eigenvalue weighted by molar-refractivity contribution is -0.156. The fourth-order valence-corrected chi connectivity index (χ4v) is 3.82. The average molecular weight is 196 g/mol. The fraction of sp³-hybridized carbons (Fsp3) is 0.917. The molecule has 0 aromatic heterocycles. The molecule has 2 bridgehead atoms. The lowest BCUT2D eigenvalue weighted by atomic mass is 9.67. The Morgan fingerprint density at radius 3 is 2.43 bits per heavy atom. The Kier molecular flexibility index (Phi) is 2.13. The molecule has 2 aliphatic rings. The van der Waals surface area contributed by atoms with Crippen LogP contribution < -0.4 is 0 Å². The van der Waals surface area contributed by atoms with Gasteiger partial charge in [-0.1, -0.05) is 13.8 Å². The van der Waals surface area contributed by atoms with E-state index < -0.39 is 0 Å². The molecular weight excluding hydrogens is 176 g/mol. The summed E-state index contributed by atoms with van der Waals surface area (Å²) in [6.45, 7) is 6.70. The molecule has 2 rings (SSSR count). The van der Waals surface area contributed by atoms with E-state index in [-0.39, 0.29) is 11.4 Å². The van der Waals surface area contributed by atoms with E-state index in [1.165, 1.54) is 13.5 Å². The zero-order chi connectivity index (χ0) is 10.5. The van der Waals surface area contributed by atoms with Crippen LogP contribution in [0.15, 0.2) is 0 Å². The van der Waals surface area contributed by atoms with Crippen LogP contribution in [0.3, 0.4) is 0 Å². The maximum Gasteiger partial charge on any atom is 0.311 e. The van der Waals surface area contributed by atoms with Crippen LogP contribution in [-0.2, 0) is 9.53 Å². The van der Waals surface area contributed by atoms with Crippen LogP contribution in [0.2, 0.25) is 0 Å². The second-order valence-corrected chi connectivity index (χ2v) is 5.43. The topological polar surface area (TPSA) is 26.3 Å². The summed E-state index contributed by atoms with van der Waals surface area (Å²) in [4.78, 5) is 11.8. The lowest BCUT2D eigenvalue weighted by Gasteiger charge is -2.38. The number of carbonyl (C=O) groups excluding carboxylic acids is 1. The van der Waals surface area contributed by atoms with Crippen molar-refractivity contribution in [2.24, 2.45) is 29.1 Å². The summed E-state index contributed by atoms with van der Waals surface area (Å²) in [6.07, 6.45) is 2.27. The predicted molar refractivity (Wildman–Crippen MR) is 54.7 cm³/mol. The summed E-state index contributed by atoms with van der Waals surface area (Å²) in [5, 5.41) is 0. The fourth-order valence-electron chi connectivity index (χ4n) is 3.82. The van der Waals surface area contributed by atoms with Crippen molar-refractivity contribution >= 4 is 5.97 Å². The molecule has 2 fully saturated rings. The molecule has 0 radical (unpaired) electrons. The Morgan fingerprint density at radius 2 is 2.00 bits per heavy atom. The monoisotopic (exact) mass is 196 g/mol. The summed E-state index contributed by atoms with van der Waals surface area (Å²) in [5.41, 5.74) is -0.189. The van der Waals surface area contributed by atoms with Gasteiger partial charge in [0.2, 0.25) is 0 Å². The number of carbonyl (C=O) groups is 1. The zero-order valence-electron chi connectivity index (χ0n) is 9.54. The van der Waals surface area contributed by atoms with Gasteiger partial charge in [-0.2, -0.15) is 0 Å². The number of rotatable bonds is 1. The third-order valence-electron chi connectivity index (χ3n) is 4.92. The van der Waals surface area contributed by atoms with Gasteiger partial charge in [-0.15, -0.1) is 0 Å². The van der Waals surface area contributed by atoms with E-state index >= 15 is 0 Å². The molecule has 0 saturated heterocycles. The summed E-state index contributed by atoms with van der Waals surface area (Å²) in [7, 11) is 1.51. The Bertz CT molecular complexity index is 259. The smallest absolute Gasteiger partial charge is 0.311 e. The molecule has 14 heavy (non-hydrogen) atoms. The first-order valence-electron chi connectivity index (χ1n) is 5.59. The molecule has 5 unspecified atom stereocenters. The predicted octanol–water partition coefficient (Wildman–Crippen LogP) is 2.48. The van der Waals surface area contributed by atoms with Crippen molar-refractivity contribution in [2.75, 3.05) is 7.11 Å². The van der Waals surface area contributed by atoms with Crippen molar-refractivity contribution in [3.05, 3.63) is 0 Å². The third kappa shape index (κ3) is 1.06. The van der Waals surface area contributed by atoms with E-state index in [9.17, 15) is 4.79 Å². The van der Waals surface area contributed by atoms with E-state index in [1.54, 1.807) is 0 Å². The summed E-state index contributed by atoms with van der Waals surface area (Å²) in [6, 6.07) is 0. The van der Waals surface area contributed by atoms with Gasteiger partial charge in [-0.05, 0) is 43.4 Å². The van der Waals surface area contributed by atoms with Crippen LogP contribution in [0, 0.1) is 29.1 Å². The van der Waals surface area contributed by atoms with Crippen LogP contribution in [0.4, 0.5) is 0 Å². The number of fused-ring (bicyclic) bond motifs is 2. The lowest BCUT2D eigenvalue weighted by Crippen LogP contribution is -2.40. The number of hydrogen-bond acceptors (Lipinski definition) is 2. The van der Waals surface area contributed by atoms with Gasteiger partial charge >= 0.3 is 5.97 Å². The van der Waals surface area contributed by atoms with E-state index in [0.717, 1.165) is 18.3 Å². The van der Waals surface area contributed by atoms with Gasteiger partial charge in [0.1, 0.15) is 0 Å². The minimum absolute atomic E-state index is 0.00347. The minimum atomic E-state index is -0.189. The highest BCUT2D eigenvalue weighted by atomic mass is 16.5. The van der Waals surface area contributed by atoms with Crippen molar-refractivity contribution < 1.29 is 9.53 Å². The molecule has 0 aliphatic heterocycles. The maximum atomic E-state index is 11.8. The van der Waals surface area contributed by atoms with Gasteiger partial charge < -0.3 is 4.74 Å². The molecule has 2 aliphatic carbocycles. The van der Waals surface area contributed by atoms with Gasteiger partial charge in [-0.3, -0.25) is 4.79 Å². The molecule has 2 heteroatoms. The first-order valence-corrected chi connectivity index (χ1v) is 5.59. The van der Waals surface area contributed by atoms with E-state index in [0.29, 0.717) is 11.8 Å². The Morgan fingerprint density at radius 1 is 1.36 bits per heavy atom. The van der Waals surface area contributed by atoms with Crippen LogP contribution >= 0.6 is 0 Å². The number of esters is 1. The van der Waals surface area contributed by atoms with Gasteiger partial charge in [0.15, 0.2) is 0 Å². The highest BCUT2D eigenvalue weighted by Gasteiger charge is 2.58. The number of ether oxygens (including phenoxy) is 1. The Labute approximate surface area is 86.0 Å². The average Bonchev–Trinajstić information content (AvgIpc) is 2.64. The van der Waals surface area contributed by atoms with Gasteiger partial charge in [0.05, 0.1) is 12.5 Å². The SMILES string of the molecule is COC(=O)C1(C)CC2CC1C(C)C2C. The van der Waals surface area contributed by atoms with Crippen LogP contribution in [0.25, 0.3) is 0 Å². The molecule has 0 N–H and O–H groups in total. The van der Waals surface area contributed by atoms with E-state index in [2.05, 4.69) is 20.8 Å². The van der Waals surface area contributed by atoms with Crippen LogP contribution in [0.5, 0.6) is 0 Å². The largest absolute Gasteiger partial charge is 0.469 e. The number of methoxy groups -OCH3 is 1. The number of hydrogen-bond donors (Lipinski definition) is 0. The Hall–Kier alpha value is -0.530. The van der Waals surface area contributed by atoms with Gasteiger partial charge in [0.25, 0.3) is 0 Å². The quantitative estimate of drug-likeness (QED) is 0.602. The van der Waals surface area contributed by atoms with E-state index in [1.807, 2.05) is 0 Å². The van der Waals surface area contributed by atoms with Crippen molar-refractivity contribution in [1.82, 2.24) is 0 Å². The normalized spacial score (nSPS) is 50.9. The second kappa shape index (κ2) is 2.98. The minimum Gasteiger partial charge on any atom is -0.469 e. The molecule has 0 aromatic carbocycles. The molecule has 0 amide bonds. The first kappa shape index (κ1) is 10.0. The van der Waals surface area contributed by atoms with Crippen molar-refractivity contribution in [1.29, 1.82) is 0 Å². The highest BCUT2D eigenvalue weighted by Crippen LogP contribution is 2.61. The molecular formula is C12H20O2. The molecule has 5 atom stereocenters. The highest BCUT2D eigenvalue weighted by molar-refractivity contribution is 5.77. The van der Waals surface area contributed by atoms with Gasteiger partial charge in [-0.25, -0.2) is 0 Å². The summed E-state index contributed by atoms with van der Waals surface area (Å²) < 4.78 is 4.93. The van der Waals surface area contributed by atoms with Crippen LogP contribution in [0.1, 0.15) is 33.6 Å². The second-order valence-electron chi connectivity index (χ2n) is 5.43. The molecule has 0 aromatic rings. The van der Waals surface area contributed by atoms with Crippen molar-refractivity contribution in [3.8, 4) is 0 Å². The van der Waals surface area contributed by atoms with E-state index in [4.69, 9.17) is 4.74 Å². The first-order chi connectivity index (χ1) is 6.50. The van der Waals surface area contributed by atoms with Crippen molar-refractivity contribution in [2.45, 2.75) is 33.6 Å². The van der Waals surface area contributed by atoms with Gasteiger partial charge in [0, 0.05) is 0 Å². The molecule has 0 heterocycles. The Balaban J connectivity index is 2.23. The van der Waals surface area contributed by atoms with Crippen molar-refractivity contribution in [3.63, 3.8) is 0 Å². The molecule has 0 spiro atoms. The maximum absolute atomic E-state index is 11.8. The summed E-state index contributed by atoms with van der Waals surface area (Å²) >= 11 is 0. The standard InChI is InChI=1S/C12H20O2/c1-7-8(2)10-5-9(7)6-12(10,3)11(13)14-4/h7-10H,5-6H2,1-4H3. The zero-order valence-corrected chi connectivity index (χ0v) is 9.54. The molecule has 80 valence electrons. The third-order valence-corrected chi connectivity index (χ3v) is 4.92. The molecule has 2 nitrogen and oxygen atoms in total. The van der Waals surface area contributed by atoms with Crippen LogP contribution in [-0.4, -0.2) is 13.1 Å². The molecule has 2 saturated carbocycles. The summed E-state index contributed by atoms with van der Waals surface area (Å²) in [5.74, 6) is 2.77.